The number of amides is 1. The summed E-state index contributed by atoms with van der Waals surface area (Å²) >= 11 is 0. The highest BCUT2D eigenvalue weighted by Gasteiger charge is 2.17. The van der Waals surface area contributed by atoms with Crippen LogP contribution in [0.25, 0.3) is 0 Å². The van der Waals surface area contributed by atoms with Crippen molar-refractivity contribution < 1.29 is 4.79 Å². The third-order valence-electron chi connectivity index (χ3n) is 2.55. The molecular formula is C13H21N3O. The first-order valence-electron chi connectivity index (χ1n) is 5.97. The molecule has 0 aliphatic heterocycles. The van der Waals surface area contributed by atoms with Gasteiger partial charge >= 0.3 is 0 Å². The molecular weight excluding hydrogens is 214 g/mol. The van der Waals surface area contributed by atoms with E-state index in [-0.39, 0.29) is 11.9 Å². The molecule has 3 N–H and O–H groups in total. The molecule has 1 rings (SSSR count). The van der Waals surface area contributed by atoms with Crippen LogP contribution in [0.5, 0.6) is 0 Å². The highest BCUT2D eigenvalue weighted by atomic mass is 16.2. The lowest BCUT2D eigenvalue weighted by atomic mass is 10.0. The van der Waals surface area contributed by atoms with Gasteiger partial charge in [0.05, 0.1) is 17.8 Å². The first kappa shape index (κ1) is 13.6. The minimum Gasteiger partial charge on any atom is -0.347 e. The number of rotatable bonds is 5. The van der Waals surface area contributed by atoms with Crippen molar-refractivity contribution in [2.75, 3.05) is 0 Å². The summed E-state index contributed by atoms with van der Waals surface area (Å²) in [4.78, 5) is 16.0. The summed E-state index contributed by atoms with van der Waals surface area (Å²) in [6, 6.07) is 5.09. The zero-order valence-corrected chi connectivity index (χ0v) is 10.7. The van der Waals surface area contributed by atoms with Crippen LogP contribution in [0.15, 0.2) is 24.4 Å². The number of hydrogen-bond acceptors (Lipinski definition) is 3. The van der Waals surface area contributed by atoms with Crippen LogP contribution < -0.4 is 11.1 Å². The molecule has 0 saturated carbocycles. The molecule has 94 valence electrons. The SMILES string of the molecule is CC(C)CC(N)C(=O)N[C@@H](C)c1ccccn1. The molecule has 1 heterocycles. The Bertz CT molecular complexity index is 351. The predicted molar refractivity (Wildman–Crippen MR) is 68.2 cm³/mol. The van der Waals surface area contributed by atoms with Crippen LogP contribution in [0.2, 0.25) is 0 Å². The first-order chi connectivity index (χ1) is 8.00. The van der Waals surface area contributed by atoms with Gasteiger partial charge in [0.15, 0.2) is 0 Å². The molecule has 1 aromatic rings. The van der Waals surface area contributed by atoms with Crippen molar-refractivity contribution in [3.05, 3.63) is 30.1 Å². The number of nitrogens with one attached hydrogen (secondary N) is 1. The van der Waals surface area contributed by atoms with E-state index in [0.29, 0.717) is 12.3 Å². The van der Waals surface area contributed by atoms with Gasteiger partial charge < -0.3 is 11.1 Å². The lowest BCUT2D eigenvalue weighted by Crippen LogP contribution is -2.42. The predicted octanol–water partition coefficient (Wildman–Crippen LogP) is 1.63. The fraction of sp³-hybridized carbons (Fsp3) is 0.538. The molecule has 0 aromatic carbocycles. The third kappa shape index (κ3) is 4.53. The summed E-state index contributed by atoms with van der Waals surface area (Å²) in [5.74, 6) is 0.303. The lowest BCUT2D eigenvalue weighted by Gasteiger charge is -2.18. The number of hydrogen-bond donors (Lipinski definition) is 2. The molecule has 0 saturated heterocycles. The maximum Gasteiger partial charge on any atom is 0.237 e. The fourth-order valence-electron chi connectivity index (χ4n) is 1.64. The smallest absolute Gasteiger partial charge is 0.237 e. The number of pyridine rings is 1. The summed E-state index contributed by atoms with van der Waals surface area (Å²) in [6.07, 6.45) is 2.41. The van der Waals surface area contributed by atoms with Crippen molar-refractivity contribution in [3.8, 4) is 0 Å². The van der Waals surface area contributed by atoms with Gasteiger partial charge in [-0.3, -0.25) is 9.78 Å². The van der Waals surface area contributed by atoms with Gasteiger partial charge in [-0.2, -0.15) is 0 Å². The third-order valence-corrected chi connectivity index (χ3v) is 2.55. The molecule has 4 heteroatoms. The van der Waals surface area contributed by atoms with E-state index in [1.54, 1.807) is 6.20 Å². The Kier molecular flexibility index (Phi) is 5.10. The second kappa shape index (κ2) is 6.35. The Hall–Kier alpha value is -1.42. The van der Waals surface area contributed by atoms with Crippen molar-refractivity contribution in [2.45, 2.75) is 39.3 Å². The quantitative estimate of drug-likeness (QED) is 0.815. The van der Waals surface area contributed by atoms with Gasteiger partial charge in [0.25, 0.3) is 0 Å². The highest BCUT2D eigenvalue weighted by molar-refractivity contribution is 5.81. The summed E-state index contributed by atoms with van der Waals surface area (Å²) < 4.78 is 0. The molecule has 1 amide bonds. The number of carbonyl (C=O) groups excluding carboxylic acids is 1. The lowest BCUT2D eigenvalue weighted by molar-refractivity contribution is -0.123. The first-order valence-corrected chi connectivity index (χ1v) is 5.97. The Labute approximate surface area is 103 Å². The number of nitrogens with two attached hydrogens (primary N) is 1. The van der Waals surface area contributed by atoms with Crippen molar-refractivity contribution >= 4 is 5.91 Å². The largest absolute Gasteiger partial charge is 0.347 e. The van der Waals surface area contributed by atoms with E-state index in [4.69, 9.17) is 5.73 Å². The monoisotopic (exact) mass is 235 g/mol. The topological polar surface area (TPSA) is 68.0 Å². The molecule has 0 radical (unpaired) electrons. The summed E-state index contributed by atoms with van der Waals surface area (Å²) in [7, 11) is 0. The van der Waals surface area contributed by atoms with Gasteiger partial charge in [-0.05, 0) is 31.4 Å². The van der Waals surface area contributed by atoms with E-state index >= 15 is 0 Å². The molecule has 0 aliphatic carbocycles. The van der Waals surface area contributed by atoms with Gasteiger partial charge in [-0.1, -0.05) is 19.9 Å². The molecule has 0 aliphatic rings. The normalized spacial score (nSPS) is 14.4. The molecule has 1 unspecified atom stereocenters. The Morgan fingerprint density at radius 1 is 1.41 bits per heavy atom. The van der Waals surface area contributed by atoms with Crippen LogP contribution in [-0.4, -0.2) is 16.9 Å². The van der Waals surface area contributed by atoms with E-state index in [2.05, 4.69) is 24.1 Å². The minimum absolute atomic E-state index is 0.109. The van der Waals surface area contributed by atoms with Gasteiger partial charge in [0.2, 0.25) is 5.91 Å². The molecule has 2 atom stereocenters. The van der Waals surface area contributed by atoms with E-state index in [1.165, 1.54) is 0 Å². The van der Waals surface area contributed by atoms with Crippen LogP contribution in [-0.2, 0) is 4.79 Å². The average molecular weight is 235 g/mol. The number of carbonyl (C=O) groups is 1. The summed E-state index contributed by atoms with van der Waals surface area (Å²) in [6.45, 7) is 6.01. The fourth-order valence-corrected chi connectivity index (χ4v) is 1.64. The molecule has 4 nitrogen and oxygen atoms in total. The zero-order chi connectivity index (χ0) is 12.8. The van der Waals surface area contributed by atoms with Crippen molar-refractivity contribution in [3.63, 3.8) is 0 Å². The molecule has 17 heavy (non-hydrogen) atoms. The molecule has 1 aromatic heterocycles. The molecule has 0 bridgehead atoms. The Morgan fingerprint density at radius 2 is 2.12 bits per heavy atom. The maximum atomic E-state index is 11.8. The van der Waals surface area contributed by atoms with Gasteiger partial charge in [-0.25, -0.2) is 0 Å². The minimum atomic E-state index is -0.443. The summed E-state index contributed by atoms with van der Waals surface area (Å²) in [5, 5.41) is 2.87. The van der Waals surface area contributed by atoms with E-state index in [1.807, 2.05) is 25.1 Å². The van der Waals surface area contributed by atoms with Crippen molar-refractivity contribution in [1.29, 1.82) is 0 Å². The Morgan fingerprint density at radius 3 is 2.65 bits per heavy atom. The highest BCUT2D eigenvalue weighted by Crippen LogP contribution is 2.09. The van der Waals surface area contributed by atoms with E-state index < -0.39 is 6.04 Å². The average Bonchev–Trinajstić information content (AvgIpc) is 2.29. The number of aromatic nitrogens is 1. The summed E-state index contributed by atoms with van der Waals surface area (Å²) in [5.41, 5.74) is 6.66. The van der Waals surface area contributed by atoms with E-state index in [9.17, 15) is 4.79 Å². The van der Waals surface area contributed by atoms with Crippen molar-refractivity contribution in [2.24, 2.45) is 11.7 Å². The van der Waals surface area contributed by atoms with Crippen molar-refractivity contribution in [1.82, 2.24) is 10.3 Å². The van der Waals surface area contributed by atoms with Crippen LogP contribution in [0, 0.1) is 5.92 Å². The number of nitrogens with zero attached hydrogens (tertiary/aromatic N) is 1. The second-order valence-electron chi connectivity index (χ2n) is 4.72. The van der Waals surface area contributed by atoms with Gasteiger partial charge in [0.1, 0.15) is 0 Å². The van der Waals surface area contributed by atoms with Crippen LogP contribution >= 0.6 is 0 Å². The second-order valence-corrected chi connectivity index (χ2v) is 4.72. The zero-order valence-electron chi connectivity index (χ0n) is 10.7. The van der Waals surface area contributed by atoms with Gasteiger partial charge in [-0.15, -0.1) is 0 Å². The van der Waals surface area contributed by atoms with Crippen LogP contribution in [0.1, 0.15) is 38.9 Å². The van der Waals surface area contributed by atoms with Crippen LogP contribution in [0.3, 0.4) is 0 Å². The maximum absolute atomic E-state index is 11.8. The van der Waals surface area contributed by atoms with Crippen LogP contribution in [0.4, 0.5) is 0 Å². The van der Waals surface area contributed by atoms with Gasteiger partial charge in [0, 0.05) is 6.20 Å². The molecule has 0 fully saturated rings. The standard InChI is InChI=1S/C13H21N3O/c1-9(2)8-11(14)13(17)16-10(3)12-6-4-5-7-15-12/h4-7,9-11H,8,14H2,1-3H3,(H,16,17)/t10-,11?/m0/s1. The molecule has 0 spiro atoms. The van der Waals surface area contributed by atoms with E-state index in [0.717, 1.165) is 5.69 Å². The Balaban J connectivity index is 2.51.